The van der Waals surface area contributed by atoms with Crippen molar-refractivity contribution in [3.63, 3.8) is 0 Å². The number of benzene rings is 2. The van der Waals surface area contributed by atoms with E-state index in [0.29, 0.717) is 6.61 Å². The van der Waals surface area contributed by atoms with Gasteiger partial charge in [-0.05, 0) is 17.7 Å². The predicted octanol–water partition coefficient (Wildman–Crippen LogP) is 3.52. The lowest BCUT2D eigenvalue weighted by molar-refractivity contribution is -0.123. The standard InChI is InChI=1S/C14H16O2/c1-3-16-14(15-2)13-10-6-8-11-7-4-5-9-12(11)13/h4-10,14H,3H2,1-2H3. The van der Waals surface area contributed by atoms with Gasteiger partial charge in [0.2, 0.25) is 0 Å². The van der Waals surface area contributed by atoms with Crippen LogP contribution in [0.5, 0.6) is 0 Å². The summed E-state index contributed by atoms with van der Waals surface area (Å²) in [5.74, 6) is 0. The largest absolute Gasteiger partial charge is 0.352 e. The molecule has 0 heterocycles. The van der Waals surface area contributed by atoms with E-state index in [-0.39, 0.29) is 6.29 Å². The summed E-state index contributed by atoms with van der Waals surface area (Å²) >= 11 is 0. The first-order valence-electron chi connectivity index (χ1n) is 5.49. The molecule has 1 atom stereocenters. The van der Waals surface area contributed by atoms with E-state index < -0.39 is 0 Å². The molecule has 0 bridgehead atoms. The highest BCUT2D eigenvalue weighted by molar-refractivity contribution is 5.85. The van der Waals surface area contributed by atoms with Gasteiger partial charge in [0, 0.05) is 19.3 Å². The minimum atomic E-state index is -0.281. The summed E-state index contributed by atoms with van der Waals surface area (Å²) in [6, 6.07) is 14.4. The maximum atomic E-state index is 5.56. The Hall–Kier alpha value is -1.38. The Labute approximate surface area is 95.8 Å². The Morgan fingerprint density at radius 2 is 1.81 bits per heavy atom. The minimum absolute atomic E-state index is 0.281. The molecule has 84 valence electrons. The van der Waals surface area contributed by atoms with Crippen LogP contribution < -0.4 is 0 Å². The molecule has 0 aliphatic carbocycles. The molecule has 2 heteroatoms. The smallest absolute Gasteiger partial charge is 0.184 e. The average molecular weight is 216 g/mol. The van der Waals surface area contributed by atoms with Crippen LogP contribution >= 0.6 is 0 Å². The molecule has 0 aliphatic heterocycles. The zero-order chi connectivity index (χ0) is 11.4. The van der Waals surface area contributed by atoms with E-state index in [4.69, 9.17) is 9.47 Å². The molecule has 0 saturated carbocycles. The molecule has 2 nitrogen and oxygen atoms in total. The van der Waals surface area contributed by atoms with Crippen molar-refractivity contribution >= 4 is 10.8 Å². The predicted molar refractivity (Wildman–Crippen MR) is 65.3 cm³/mol. The molecule has 2 aromatic carbocycles. The summed E-state index contributed by atoms with van der Waals surface area (Å²) in [6.07, 6.45) is -0.281. The number of hydrogen-bond acceptors (Lipinski definition) is 2. The van der Waals surface area contributed by atoms with Gasteiger partial charge in [-0.1, -0.05) is 42.5 Å². The average Bonchev–Trinajstić information content (AvgIpc) is 2.35. The van der Waals surface area contributed by atoms with Gasteiger partial charge in [0.25, 0.3) is 0 Å². The molecule has 0 aromatic heterocycles. The zero-order valence-electron chi connectivity index (χ0n) is 9.64. The van der Waals surface area contributed by atoms with Crippen LogP contribution in [0.1, 0.15) is 18.8 Å². The molecule has 0 saturated heterocycles. The summed E-state index contributed by atoms with van der Waals surface area (Å²) in [6.45, 7) is 2.61. The molecule has 0 amide bonds. The lowest BCUT2D eigenvalue weighted by Gasteiger charge is -2.17. The summed E-state index contributed by atoms with van der Waals surface area (Å²) in [7, 11) is 1.67. The van der Waals surface area contributed by atoms with E-state index in [1.54, 1.807) is 7.11 Å². The van der Waals surface area contributed by atoms with Crippen LogP contribution in [-0.4, -0.2) is 13.7 Å². The summed E-state index contributed by atoms with van der Waals surface area (Å²) in [5.41, 5.74) is 1.09. The van der Waals surface area contributed by atoms with Gasteiger partial charge >= 0.3 is 0 Å². The Kier molecular flexibility index (Phi) is 3.54. The minimum Gasteiger partial charge on any atom is -0.352 e. The number of rotatable bonds is 4. The number of hydrogen-bond donors (Lipinski definition) is 0. The first kappa shape index (κ1) is 11.1. The second-order valence-corrected chi connectivity index (χ2v) is 3.59. The van der Waals surface area contributed by atoms with Crippen molar-refractivity contribution in [2.45, 2.75) is 13.2 Å². The van der Waals surface area contributed by atoms with E-state index in [1.807, 2.05) is 31.2 Å². The second-order valence-electron chi connectivity index (χ2n) is 3.59. The number of fused-ring (bicyclic) bond motifs is 1. The second kappa shape index (κ2) is 5.10. The topological polar surface area (TPSA) is 18.5 Å². The maximum absolute atomic E-state index is 5.56. The maximum Gasteiger partial charge on any atom is 0.184 e. The lowest BCUT2D eigenvalue weighted by Crippen LogP contribution is -2.06. The van der Waals surface area contributed by atoms with Crippen LogP contribution in [0.2, 0.25) is 0 Å². The van der Waals surface area contributed by atoms with E-state index in [0.717, 1.165) is 5.56 Å². The molecule has 16 heavy (non-hydrogen) atoms. The Bertz CT molecular complexity index is 460. The quantitative estimate of drug-likeness (QED) is 0.728. The van der Waals surface area contributed by atoms with Crippen LogP contribution in [0.3, 0.4) is 0 Å². The van der Waals surface area contributed by atoms with Gasteiger partial charge in [0.15, 0.2) is 6.29 Å². The highest BCUT2D eigenvalue weighted by Gasteiger charge is 2.12. The summed E-state index contributed by atoms with van der Waals surface area (Å²) in [4.78, 5) is 0. The number of ether oxygens (including phenoxy) is 2. The molecule has 0 N–H and O–H groups in total. The van der Waals surface area contributed by atoms with Crippen molar-refractivity contribution in [2.75, 3.05) is 13.7 Å². The summed E-state index contributed by atoms with van der Waals surface area (Å²) in [5, 5.41) is 2.40. The van der Waals surface area contributed by atoms with E-state index in [2.05, 4.69) is 18.2 Å². The third kappa shape index (κ3) is 2.08. The van der Waals surface area contributed by atoms with Crippen molar-refractivity contribution in [3.8, 4) is 0 Å². The normalized spacial score (nSPS) is 12.9. The third-order valence-corrected chi connectivity index (χ3v) is 2.61. The first-order chi connectivity index (χ1) is 7.86. The fraction of sp³-hybridized carbons (Fsp3) is 0.286. The van der Waals surface area contributed by atoms with Crippen molar-refractivity contribution in [3.05, 3.63) is 48.0 Å². The Morgan fingerprint density at radius 3 is 2.56 bits per heavy atom. The van der Waals surface area contributed by atoms with E-state index in [9.17, 15) is 0 Å². The van der Waals surface area contributed by atoms with Gasteiger partial charge in [-0.25, -0.2) is 0 Å². The van der Waals surface area contributed by atoms with Crippen molar-refractivity contribution in [1.29, 1.82) is 0 Å². The van der Waals surface area contributed by atoms with Gasteiger partial charge < -0.3 is 9.47 Å². The SMILES string of the molecule is CCOC(OC)c1cccc2ccccc12. The van der Waals surface area contributed by atoms with Crippen LogP contribution in [-0.2, 0) is 9.47 Å². The molecular formula is C14H16O2. The van der Waals surface area contributed by atoms with Gasteiger partial charge in [-0.15, -0.1) is 0 Å². The number of methoxy groups -OCH3 is 1. The molecule has 0 radical (unpaired) electrons. The van der Waals surface area contributed by atoms with Gasteiger partial charge in [0.05, 0.1) is 0 Å². The van der Waals surface area contributed by atoms with Crippen molar-refractivity contribution in [2.24, 2.45) is 0 Å². The molecule has 2 aromatic rings. The first-order valence-corrected chi connectivity index (χ1v) is 5.49. The highest BCUT2D eigenvalue weighted by atomic mass is 16.7. The monoisotopic (exact) mass is 216 g/mol. The molecule has 0 fully saturated rings. The van der Waals surface area contributed by atoms with Crippen LogP contribution in [0.25, 0.3) is 10.8 Å². The fourth-order valence-electron chi connectivity index (χ4n) is 1.89. The lowest BCUT2D eigenvalue weighted by atomic mass is 10.0. The van der Waals surface area contributed by atoms with Crippen molar-refractivity contribution in [1.82, 2.24) is 0 Å². The van der Waals surface area contributed by atoms with Gasteiger partial charge in [-0.2, -0.15) is 0 Å². The van der Waals surface area contributed by atoms with Crippen LogP contribution in [0.4, 0.5) is 0 Å². The Morgan fingerprint density at radius 1 is 1.06 bits per heavy atom. The highest BCUT2D eigenvalue weighted by Crippen LogP contribution is 2.26. The third-order valence-electron chi connectivity index (χ3n) is 2.61. The zero-order valence-corrected chi connectivity index (χ0v) is 9.64. The van der Waals surface area contributed by atoms with Gasteiger partial charge in [0.1, 0.15) is 0 Å². The van der Waals surface area contributed by atoms with Crippen LogP contribution in [0, 0.1) is 0 Å². The molecule has 1 unspecified atom stereocenters. The van der Waals surface area contributed by atoms with Crippen LogP contribution in [0.15, 0.2) is 42.5 Å². The molecule has 0 spiro atoms. The van der Waals surface area contributed by atoms with Crippen molar-refractivity contribution < 1.29 is 9.47 Å². The Balaban J connectivity index is 2.50. The van der Waals surface area contributed by atoms with Gasteiger partial charge in [-0.3, -0.25) is 0 Å². The molecule has 2 rings (SSSR count). The molecule has 0 aliphatic rings. The van der Waals surface area contributed by atoms with E-state index in [1.165, 1.54) is 10.8 Å². The van der Waals surface area contributed by atoms with E-state index >= 15 is 0 Å². The molecular weight excluding hydrogens is 200 g/mol. The fourth-order valence-corrected chi connectivity index (χ4v) is 1.89. The summed E-state index contributed by atoms with van der Waals surface area (Å²) < 4.78 is 10.9.